The van der Waals surface area contributed by atoms with Crippen LogP contribution in [0, 0.1) is 0 Å². The molecular formula is C68H40N4O4. The van der Waals surface area contributed by atoms with Crippen LogP contribution < -0.4 is 0 Å². The standard InChI is InChI=1S/2C34H20N2O2/c1-3-9-25(23(7-1)21-13-15-31-28(19-21)27-11-5-6-12-30(27)37-31)26-10-4-2-8-24(26)22-14-16-32-29(20-22)33-34(38-32)36-18-17-35-33;1-2-10-30-27(9-1)28-19-25(11-13-31(28)37-30)23-7-3-5-21(17-23)22-6-4-8-24(18-22)26-12-14-32-29(20-26)33-34(38-32)36-16-15-35-33/h2*1-20H. The Hall–Kier alpha value is -10.4. The monoisotopic (exact) mass is 976 g/mol. The molecule has 0 aliphatic carbocycles. The Morgan fingerprint density at radius 1 is 0.211 bits per heavy atom. The molecule has 0 radical (unpaired) electrons. The fraction of sp³-hybridized carbons (Fsp3) is 0. The zero-order valence-corrected chi connectivity index (χ0v) is 40.5. The van der Waals surface area contributed by atoms with Crippen molar-refractivity contribution in [2.75, 3.05) is 0 Å². The van der Waals surface area contributed by atoms with E-state index in [0.29, 0.717) is 11.4 Å². The maximum atomic E-state index is 6.08. The first kappa shape index (κ1) is 43.2. The summed E-state index contributed by atoms with van der Waals surface area (Å²) < 4.78 is 23.9. The minimum Gasteiger partial charge on any atom is -0.456 e. The van der Waals surface area contributed by atoms with Crippen LogP contribution in [-0.2, 0) is 0 Å². The van der Waals surface area contributed by atoms with Crippen LogP contribution in [0.1, 0.15) is 0 Å². The number of aromatic nitrogens is 4. The van der Waals surface area contributed by atoms with Crippen LogP contribution in [0.2, 0.25) is 0 Å². The molecule has 6 heterocycles. The first-order valence-electron chi connectivity index (χ1n) is 25.1. The molecule has 0 saturated carbocycles. The Morgan fingerprint density at radius 3 is 1.01 bits per heavy atom. The third-order valence-electron chi connectivity index (χ3n) is 14.5. The van der Waals surface area contributed by atoms with E-state index in [1.165, 1.54) is 33.4 Å². The predicted molar refractivity (Wildman–Crippen MR) is 306 cm³/mol. The number of fused-ring (bicyclic) bond motifs is 12. The lowest BCUT2D eigenvalue weighted by Crippen LogP contribution is -1.89. The zero-order valence-electron chi connectivity index (χ0n) is 40.5. The van der Waals surface area contributed by atoms with Gasteiger partial charge in [0.05, 0.1) is 0 Å². The van der Waals surface area contributed by atoms with Crippen LogP contribution in [-0.4, -0.2) is 19.9 Å². The molecule has 0 bridgehead atoms. The molecule has 6 aromatic heterocycles. The van der Waals surface area contributed by atoms with E-state index in [2.05, 4.69) is 202 Å². The van der Waals surface area contributed by atoms with Crippen LogP contribution >= 0.6 is 0 Å². The molecule has 0 unspecified atom stereocenters. The smallest absolute Gasteiger partial charge is 0.246 e. The van der Waals surface area contributed by atoms with Gasteiger partial charge in [-0.1, -0.05) is 146 Å². The summed E-state index contributed by atoms with van der Waals surface area (Å²) in [5, 5.41) is 6.47. The number of furan rings is 4. The number of nitrogens with zero attached hydrogens (tertiary/aromatic N) is 4. The number of hydrogen-bond donors (Lipinski definition) is 0. The van der Waals surface area contributed by atoms with Gasteiger partial charge in [0.15, 0.2) is 0 Å². The van der Waals surface area contributed by atoms with Crippen LogP contribution in [0.15, 0.2) is 261 Å². The third-order valence-corrected chi connectivity index (χ3v) is 14.5. The average molecular weight is 977 g/mol. The van der Waals surface area contributed by atoms with Crippen molar-refractivity contribution in [1.29, 1.82) is 0 Å². The molecular weight excluding hydrogens is 937 g/mol. The largest absolute Gasteiger partial charge is 0.456 e. The summed E-state index contributed by atoms with van der Waals surface area (Å²) in [6.45, 7) is 0. The molecule has 16 rings (SSSR count). The van der Waals surface area contributed by atoms with Crippen molar-refractivity contribution in [2.24, 2.45) is 0 Å². The minimum atomic E-state index is 0.556. The van der Waals surface area contributed by atoms with E-state index in [-0.39, 0.29) is 0 Å². The summed E-state index contributed by atoms with van der Waals surface area (Å²) in [5.41, 5.74) is 21.7. The molecule has 0 saturated heterocycles. The lowest BCUT2D eigenvalue weighted by atomic mass is 9.89. The molecule has 16 aromatic rings. The Bertz CT molecular complexity index is 4610. The molecule has 8 heteroatoms. The molecule has 76 heavy (non-hydrogen) atoms. The van der Waals surface area contributed by atoms with Gasteiger partial charge in [-0.25, -0.2) is 19.9 Å². The molecule has 0 spiro atoms. The summed E-state index contributed by atoms with van der Waals surface area (Å²) in [4.78, 5) is 17.6. The highest BCUT2D eigenvalue weighted by Gasteiger charge is 2.18. The first-order chi connectivity index (χ1) is 37.6. The zero-order chi connectivity index (χ0) is 50.1. The second-order valence-electron chi connectivity index (χ2n) is 18.9. The highest BCUT2D eigenvalue weighted by atomic mass is 16.3. The van der Waals surface area contributed by atoms with Crippen LogP contribution in [0.5, 0.6) is 0 Å². The lowest BCUT2D eigenvalue weighted by molar-refractivity contribution is 0.652. The van der Waals surface area contributed by atoms with Gasteiger partial charge in [0.25, 0.3) is 0 Å². The van der Waals surface area contributed by atoms with Gasteiger partial charge in [0, 0.05) is 57.1 Å². The van der Waals surface area contributed by atoms with E-state index in [4.69, 9.17) is 17.7 Å². The molecule has 8 nitrogen and oxygen atoms in total. The van der Waals surface area contributed by atoms with Crippen molar-refractivity contribution < 1.29 is 17.7 Å². The highest BCUT2D eigenvalue weighted by Crippen LogP contribution is 2.42. The number of rotatable bonds is 6. The molecule has 0 amide bonds. The minimum absolute atomic E-state index is 0.556. The molecule has 0 atom stereocenters. The van der Waals surface area contributed by atoms with E-state index in [9.17, 15) is 0 Å². The van der Waals surface area contributed by atoms with Crippen molar-refractivity contribution in [1.82, 2.24) is 19.9 Å². The van der Waals surface area contributed by atoms with Gasteiger partial charge in [-0.2, -0.15) is 0 Å². The van der Waals surface area contributed by atoms with Gasteiger partial charge in [-0.15, -0.1) is 0 Å². The van der Waals surface area contributed by atoms with E-state index >= 15 is 0 Å². The van der Waals surface area contributed by atoms with Gasteiger partial charge in [-0.3, -0.25) is 0 Å². The van der Waals surface area contributed by atoms with Gasteiger partial charge in [-0.05, 0) is 140 Å². The normalized spacial score (nSPS) is 11.7. The Morgan fingerprint density at radius 2 is 0.539 bits per heavy atom. The van der Waals surface area contributed by atoms with Crippen LogP contribution in [0.4, 0.5) is 0 Å². The fourth-order valence-corrected chi connectivity index (χ4v) is 10.8. The van der Waals surface area contributed by atoms with Gasteiger partial charge in [0.2, 0.25) is 11.4 Å². The van der Waals surface area contributed by atoms with Gasteiger partial charge >= 0.3 is 0 Å². The highest BCUT2D eigenvalue weighted by molar-refractivity contribution is 6.09. The second kappa shape index (κ2) is 17.7. The number of hydrogen-bond acceptors (Lipinski definition) is 8. The van der Waals surface area contributed by atoms with Crippen molar-refractivity contribution >= 4 is 88.3 Å². The summed E-state index contributed by atoms with van der Waals surface area (Å²) >= 11 is 0. The summed E-state index contributed by atoms with van der Waals surface area (Å²) in [6.07, 6.45) is 6.71. The van der Waals surface area contributed by atoms with Gasteiger partial charge in [0.1, 0.15) is 44.5 Å². The molecule has 0 aliphatic rings. The van der Waals surface area contributed by atoms with Crippen molar-refractivity contribution in [3.05, 3.63) is 243 Å². The summed E-state index contributed by atoms with van der Waals surface area (Å²) in [7, 11) is 0. The molecule has 0 aliphatic heterocycles. The van der Waals surface area contributed by atoms with Crippen LogP contribution in [0.3, 0.4) is 0 Å². The SMILES string of the molecule is c1cc(-c2cccc(-c3ccc4oc5nccnc5c4c3)c2)cc(-c2ccc3oc4ccccc4c3c2)c1.c1ccc(-c2ccccc2-c2ccc3oc4nccnc4c3c2)c(-c2ccc3oc4ccccc4c3c2)c1. The molecule has 10 aromatic carbocycles. The van der Waals surface area contributed by atoms with Crippen molar-refractivity contribution in [3.8, 4) is 66.8 Å². The summed E-state index contributed by atoms with van der Waals surface area (Å²) in [5.74, 6) is 0. The first-order valence-corrected chi connectivity index (χ1v) is 25.1. The Labute approximate surface area is 433 Å². The maximum absolute atomic E-state index is 6.08. The fourth-order valence-electron chi connectivity index (χ4n) is 10.8. The predicted octanol–water partition coefficient (Wildman–Crippen LogP) is 18.6. The van der Waals surface area contributed by atoms with E-state index in [1.54, 1.807) is 24.8 Å². The van der Waals surface area contributed by atoms with E-state index in [1.807, 2.05) is 36.4 Å². The third kappa shape index (κ3) is 7.38. The van der Waals surface area contributed by atoms with E-state index < -0.39 is 0 Å². The van der Waals surface area contributed by atoms with Crippen molar-refractivity contribution in [3.63, 3.8) is 0 Å². The maximum Gasteiger partial charge on any atom is 0.246 e. The number of benzene rings is 10. The van der Waals surface area contributed by atoms with Crippen LogP contribution in [0.25, 0.3) is 155 Å². The summed E-state index contributed by atoms with van der Waals surface area (Å²) in [6, 6.07) is 76.3. The topological polar surface area (TPSA) is 104 Å². The lowest BCUT2D eigenvalue weighted by Gasteiger charge is -2.15. The average Bonchev–Trinajstić information content (AvgIpc) is 4.29. The van der Waals surface area contributed by atoms with E-state index in [0.717, 1.165) is 110 Å². The van der Waals surface area contributed by atoms with Crippen molar-refractivity contribution in [2.45, 2.75) is 0 Å². The molecule has 0 fully saturated rings. The quantitative estimate of drug-likeness (QED) is 0.162. The number of para-hydroxylation sites is 2. The van der Waals surface area contributed by atoms with Gasteiger partial charge < -0.3 is 17.7 Å². The Kier molecular flexibility index (Phi) is 10.0. The molecule has 0 N–H and O–H groups in total. The second-order valence-corrected chi connectivity index (χ2v) is 18.9. The molecule has 356 valence electrons. The Balaban J connectivity index is 0.000000133.